The molecule has 7 heteroatoms. The highest BCUT2D eigenvalue weighted by atomic mass is 32.1. The van der Waals surface area contributed by atoms with E-state index in [1.54, 1.807) is 25.6 Å². The molecule has 0 bridgehead atoms. The number of hydrogen-bond donors (Lipinski definition) is 1. The summed E-state index contributed by atoms with van der Waals surface area (Å²) in [6.45, 7) is 4.62. The van der Waals surface area contributed by atoms with Gasteiger partial charge in [-0.25, -0.2) is 0 Å². The Morgan fingerprint density at radius 3 is 2.68 bits per heavy atom. The van der Waals surface area contributed by atoms with Crippen LogP contribution in [0.15, 0.2) is 29.1 Å². The normalized spacial score (nSPS) is 12.5. The van der Waals surface area contributed by atoms with E-state index in [4.69, 9.17) is 9.47 Å². The smallest absolute Gasteiger partial charge is 0.212 e. The zero-order valence-electron chi connectivity index (χ0n) is 17.0. The maximum Gasteiger partial charge on any atom is 0.212 e. The van der Waals surface area contributed by atoms with Gasteiger partial charge < -0.3 is 9.47 Å². The molecule has 1 atom stereocenters. The van der Waals surface area contributed by atoms with Crippen LogP contribution in [0.2, 0.25) is 0 Å². The highest BCUT2D eigenvalue weighted by Crippen LogP contribution is 2.33. The number of thiophene rings is 1. The summed E-state index contributed by atoms with van der Waals surface area (Å²) in [7, 11) is 5.19. The number of nitrogens with zero attached hydrogens (tertiary/aromatic N) is 2. The van der Waals surface area contributed by atoms with Crippen LogP contribution >= 0.6 is 11.3 Å². The van der Waals surface area contributed by atoms with E-state index in [0.29, 0.717) is 18.7 Å². The summed E-state index contributed by atoms with van der Waals surface area (Å²) in [6, 6.07) is 8.00. The zero-order chi connectivity index (χ0) is 20.3. The molecule has 2 heterocycles. The molecule has 3 aromatic rings. The monoisotopic (exact) mass is 401 g/mol. The van der Waals surface area contributed by atoms with Gasteiger partial charge in [0.25, 0.3) is 0 Å². The van der Waals surface area contributed by atoms with Gasteiger partial charge in [0.05, 0.1) is 17.4 Å². The van der Waals surface area contributed by atoms with Gasteiger partial charge in [0, 0.05) is 13.7 Å². The van der Waals surface area contributed by atoms with Crippen LogP contribution in [0.4, 0.5) is 0 Å². The van der Waals surface area contributed by atoms with Gasteiger partial charge in [-0.2, -0.15) is 5.10 Å². The van der Waals surface area contributed by atoms with Gasteiger partial charge in [0.1, 0.15) is 22.5 Å². The fourth-order valence-electron chi connectivity index (χ4n) is 3.47. The second-order valence-corrected chi connectivity index (χ2v) is 7.62. The number of aryl methyl sites for hydroxylation is 4. The van der Waals surface area contributed by atoms with Crippen molar-refractivity contribution in [2.24, 2.45) is 0 Å². The zero-order valence-corrected chi connectivity index (χ0v) is 17.9. The fraction of sp³-hybridized carbons (Fsp3) is 0.429. The van der Waals surface area contributed by atoms with E-state index in [9.17, 15) is 4.79 Å². The van der Waals surface area contributed by atoms with Crippen LogP contribution in [0, 0.1) is 6.92 Å². The van der Waals surface area contributed by atoms with Crippen molar-refractivity contribution in [3.05, 3.63) is 56.2 Å². The van der Waals surface area contributed by atoms with Crippen molar-refractivity contribution in [2.45, 2.75) is 39.5 Å². The van der Waals surface area contributed by atoms with Crippen LogP contribution in [0.25, 0.3) is 10.2 Å². The summed E-state index contributed by atoms with van der Waals surface area (Å²) in [5.74, 6) is 0.869. The van der Waals surface area contributed by atoms with E-state index in [2.05, 4.69) is 16.5 Å². The number of nitrogens with one attached hydrogen (secondary N) is 1. The van der Waals surface area contributed by atoms with Gasteiger partial charge in [0.15, 0.2) is 0 Å². The molecule has 1 unspecified atom stereocenters. The Morgan fingerprint density at radius 2 is 2.04 bits per heavy atom. The first-order chi connectivity index (χ1) is 13.5. The molecular formula is C21H27N3O3S. The average molecular weight is 402 g/mol. The third kappa shape index (κ3) is 3.70. The van der Waals surface area contributed by atoms with Crippen LogP contribution in [0.1, 0.15) is 34.8 Å². The van der Waals surface area contributed by atoms with Crippen molar-refractivity contribution in [1.82, 2.24) is 15.1 Å². The topological polar surface area (TPSA) is 65.4 Å². The van der Waals surface area contributed by atoms with E-state index in [1.807, 2.05) is 43.8 Å². The lowest BCUT2D eigenvalue weighted by Gasteiger charge is -2.12. The number of hydrogen-bond acceptors (Lipinski definition) is 6. The van der Waals surface area contributed by atoms with Crippen molar-refractivity contribution < 1.29 is 9.47 Å². The Morgan fingerprint density at radius 1 is 1.29 bits per heavy atom. The van der Waals surface area contributed by atoms with Crippen molar-refractivity contribution in [2.75, 3.05) is 21.3 Å². The molecule has 1 aromatic carbocycles. The molecule has 0 amide bonds. The van der Waals surface area contributed by atoms with Crippen LogP contribution in [0.3, 0.4) is 0 Å². The largest absolute Gasteiger partial charge is 0.496 e. The fourth-order valence-corrected chi connectivity index (χ4v) is 4.84. The number of fused-ring (bicyclic) bond motifs is 1. The van der Waals surface area contributed by atoms with Crippen LogP contribution in [-0.4, -0.2) is 31.0 Å². The quantitative estimate of drug-likeness (QED) is 0.586. The Hall–Kier alpha value is -2.22. The molecule has 0 radical (unpaired) electrons. The van der Waals surface area contributed by atoms with Crippen molar-refractivity contribution in [3.8, 4) is 5.75 Å². The van der Waals surface area contributed by atoms with Gasteiger partial charge in [-0.05, 0) is 44.0 Å². The lowest BCUT2D eigenvalue weighted by molar-refractivity contribution is 0.0834. The molecule has 0 aliphatic heterocycles. The maximum absolute atomic E-state index is 13.0. The molecule has 0 aliphatic carbocycles. The van der Waals surface area contributed by atoms with Gasteiger partial charge in [-0.3, -0.25) is 14.8 Å². The molecule has 1 N–H and O–H groups in total. The molecule has 0 saturated heterocycles. The van der Waals surface area contributed by atoms with Crippen molar-refractivity contribution in [3.63, 3.8) is 0 Å². The average Bonchev–Trinajstić information content (AvgIpc) is 3.06. The summed E-state index contributed by atoms with van der Waals surface area (Å²) in [5.41, 5.74) is 2.71. The number of methoxy groups -OCH3 is 2. The third-order valence-electron chi connectivity index (χ3n) is 4.99. The second-order valence-electron chi connectivity index (χ2n) is 6.59. The highest BCUT2D eigenvalue weighted by Gasteiger charge is 2.22. The molecule has 0 aliphatic rings. The van der Waals surface area contributed by atoms with E-state index >= 15 is 0 Å². The van der Waals surface area contributed by atoms with E-state index in [0.717, 1.165) is 38.4 Å². The van der Waals surface area contributed by atoms with Crippen molar-refractivity contribution in [1.29, 1.82) is 0 Å². The van der Waals surface area contributed by atoms with Gasteiger partial charge >= 0.3 is 0 Å². The molecule has 6 nitrogen and oxygen atoms in total. The van der Waals surface area contributed by atoms with Gasteiger partial charge in [-0.15, -0.1) is 11.3 Å². The van der Waals surface area contributed by atoms with Crippen molar-refractivity contribution >= 4 is 21.6 Å². The summed E-state index contributed by atoms with van der Waals surface area (Å²) < 4.78 is 13.0. The number of ether oxygens (including phenoxy) is 2. The lowest BCUT2D eigenvalue weighted by atomic mass is 10.1. The summed E-state index contributed by atoms with van der Waals surface area (Å²) in [5, 5.41) is 8.57. The molecule has 2 aromatic heterocycles. The predicted octanol–water partition coefficient (Wildman–Crippen LogP) is 3.44. The number of benzene rings is 1. The van der Waals surface area contributed by atoms with E-state index < -0.39 is 0 Å². The Bertz CT molecular complexity index is 1020. The SMILES string of the molecule is CCc1nn(CCc2ccccc2OC)c2sc(C(NC)OC)c(C)c2c1=O. The van der Waals surface area contributed by atoms with Gasteiger partial charge in [-0.1, -0.05) is 25.1 Å². The molecule has 0 fully saturated rings. The highest BCUT2D eigenvalue weighted by molar-refractivity contribution is 7.19. The summed E-state index contributed by atoms with van der Waals surface area (Å²) in [4.78, 5) is 14.9. The van der Waals surface area contributed by atoms with Crippen LogP contribution < -0.4 is 15.5 Å². The second kappa shape index (κ2) is 8.86. The predicted molar refractivity (Wildman–Crippen MR) is 114 cm³/mol. The van der Waals surface area contributed by atoms with E-state index in [1.165, 1.54) is 0 Å². The molecular weight excluding hydrogens is 374 g/mol. The molecule has 150 valence electrons. The Kier molecular flexibility index (Phi) is 6.49. The minimum Gasteiger partial charge on any atom is -0.496 e. The lowest BCUT2D eigenvalue weighted by Crippen LogP contribution is -2.19. The minimum absolute atomic E-state index is 0.0250. The summed E-state index contributed by atoms with van der Waals surface area (Å²) >= 11 is 1.57. The number of rotatable bonds is 8. The molecule has 0 spiro atoms. The van der Waals surface area contributed by atoms with Crippen LogP contribution in [0.5, 0.6) is 5.75 Å². The first kappa shape index (κ1) is 20.5. The minimum atomic E-state index is -0.246. The van der Waals surface area contributed by atoms with E-state index in [-0.39, 0.29) is 11.7 Å². The molecule has 0 saturated carbocycles. The Labute approximate surface area is 169 Å². The van der Waals surface area contributed by atoms with Gasteiger partial charge in [0.2, 0.25) is 5.43 Å². The number of para-hydroxylation sites is 1. The summed E-state index contributed by atoms with van der Waals surface area (Å²) in [6.07, 6.45) is 1.13. The first-order valence-corrected chi connectivity index (χ1v) is 10.2. The molecule has 3 rings (SSSR count). The first-order valence-electron chi connectivity index (χ1n) is 9.40. The standard InChI is InChI=1S/C21H27N3O3S/c1-6-15-18(25)17-13(2)19(20(22-3)27-5)28-21(17)24(23-15)12-11-14-9-7-8-10-16(14)26-4/h7-10,20,22H,6,11-12H2,1-5H3. The molecule has 28 heavy (non-hydrogen) atoms. The van der Waals surface area contributed by atoms with Crippen LogP contribution in [-0.2, 0) is 24.1 Å². The maximum atomic E-state index is 13.0. The number of aromatic nitrogens is 2. The Balaban J connectivity index is 2.10. The third-order valence-corrected chi connectivity index (χ3v) is 6.33.